The highest BCUT2D eigenvalue weighted by molar-refractivity contribution is 5.86. The molecule has 1 aliphatic rings. The molecule has 0 atom stereocenters. The van der Waals surface area contributed by atoms with Crippen LogP contribution in [0.15, 0.2) is 54.9 Å². The maximum atomic E-state index is 15.8. The largest absolute Gasteiger partial charge is 0.398 e. The SMILES string of the molecule is C=C/C(=C\C(=C/C)c1ccc(N)c(Cc2nc3nccc(N4CCCCC4)c3[nH]2)c1F)NC(C)C. The lowest BCUT2D eigenvalue weighted by Gasteiger charge is -2.28. The number of aromatic nitrogens is 3. The van der Waals surface area contributed by atoms with Gasteiger partial charge in [-0.2, -0.15) is 0 Å². The first-order valence-electron chi connectivity index (χ1n) is 12.3. The van der Waals surface area contributed by atoms with Gasteiger partial charge in [0.05, 0.1) is 5.69 Å². The maximum absolute atomic E-state index is 15.8. The van der Waals surface area contributed by atoms with Crippen LogP contribution in [-0.2, 0) is 6.42 Å². The van der Waals surface area contributed by atoms with Gasteiger partial charge in [-0.3, -0.25) is 0 Å². The van der Waals surface area contributed by atoms with Gasteiger partial charge in [0.15, 0.2) is 5.65 Å². The van der Waals surface area contributed by atoms with E-state index in [1.165, 1.54) is 19.3 Å². The Bertz CT molecular complexity index is 1260. The second kappa shape index (κ2) is 10.8. The first-order valence-corrected chi connectivity index (χ1v) is 12.3. The van der Waals surface area contributed by atoms with Crippen LogP contribution in [0.4, 0.5) is 15.8 Å². The molecule has 0 spiro atoms. The summed E-state index contributed by atoms with van der Waals surface area (Å²) in [6, 6.07) is 5.75. The summed E-state index contributed by atoms with van der Waals surface area (Å²) in [6.45, 7) is 11.9. The predicted molar refractivity (Wildman–Crippen MR) is 144 cm³/mol. The molecule has 6 nitrogen and oxygen atoms in total. The number of imidazole rings is 1. The number of nitrogens with zero attached hydrogens (tertiary/aromatic N) is 3. The van der Waals surface area contributed by atoms with Gasteiger partial charge in [-0.15, -0.1) is 0 Å². The third-order valence-corrected chi connectivity index (χ3v) is 6.35. The number of hydrogen-bond donors (Lipinski definition) is 3. The summed E-state index contributed by atoms with van der Waals surface area (Å²) >= 11 is 0. The van der Waals surface area contributed by atoms with Crippen LogP contribution < -0.4 is 16.0 Å². The Labute approximate surface area is 206 Å². The topological polar surface area (TPSA) is 82.9 Å². The number of benzene rings is 1. The lowest BCUT2D eigenvalue weighted by Crippen LogP contribution is -2.29. The Hall–Kier alpha value is -3.61. The molecule has 1 fully saturated rings. The standard InChI is InChI=1S/C28H35FN6/c1-5-19(16-20(6-2)32-18(3)4)21-10-11-23(30)22(26(21)29)17-25-33-27-24(12-13-31-28(27)34-25)35-14-8-7-9-15-35/h5-6,10-13,16,18,32H,2,7-9,14-15,17,30H2,1,3-4H3,(H,31,33,34)/b19-5+,20-16+. The van der Waals surface area contributed by atoms with E-state index in [0.29, 0.717) is 28.3 Å². The highest BCUT2D eigenvalue weighted by Gasteiger charge is 2.19. The zero-order valence-corrected chi connectivity index (χ0v) is 20.9. The number of pyridine rings is 1. The molecule has 0 radical (unpaired) electrons. The number of aromatic amines is 1. The number of nitrogens with one attached hydrogen (secondary N) is 2. The number of hydrogen-bond acceptors (Lipinski definition) is 5. The Morgan fingerprint density at radius 1 is 1.26 bits per heavy atom. The van der Waals surface area contributed by atoms with Crippen molar-refractivity contribution in [3.05, 3.63) is 77.7 Å². The molecule has 7 heteroatoms. The Morgan fingerprint density at radius 3 is 2.71 bits per heavy atom. The molecule has 35 heavy (non-hydrogen) atoms. The molecule has 0 saturated carbocycles. The number of rotatable bonds is 8. The van der Waals surface area contributed by atoms with Crippen molar-refractivity contribution >= 4 is 28.1 Å². The summed E-state index contributed by atoms with van der Waals surface area (Å²) in [5.74, 6) is 0.303. The van der Waals surface area contributed by atoms with Crippen LogP contribution in [0.3, 0.4) is 0 Å². The molecule has 184 valence electrons. The van der Waals surface area contributed by atoms with Crippen molar-refractivity contribution in [3.8, 4) is 0 Å². The monoisotopic (exact) mass is 474 g/mol. The van der Waals surface area contributed by atoms with Gasteiger partial charge in [-0.05, 0) is 76.0 Å². The summed E-state index contributed by atoms with van der Waals surface area (Å²) < 4.78 is 15.8. The summed E-state index contributed by atoms with van der Waals surface area (Å²) in [5, 5.41) is 3.33. The average Bonchev–Trinajstić information content (AvgIpc) is 3.28. The number of allylic oxidation sites excluding steroid dienone is 4. The Balaban J connectivity index is 1.68. The van der Waals surface area contributed by atoms with Crippen LogP contribution in [0.5, 0.6) is 0 Å². The molecule has 1 saturated heterocycles. The molecule has 3 heterocycles. The van der Waals surface area contributed by atoms with Gasteiger partial charge in [0, 0.05) is 54.3 Å². The van der Waals surface area contributed by atoms with Gasteiger partial charge < -0.3 is 20.9 Å². The third kappa shape index (κ3) is 5.39. The lowest BCUT2D eigenvalue weighted by molar-refractivity contribution is 0.578. The van der Waals surface area contributed by atoms with Gasteiger partial charge in [0.25, 0.3) is 0 Å². The smallest absolute Gasteiger partial charge is 0.179 e. The number of halogens is 1. The van der Waals surface area contributed by atoms with Crippen molar-refractivity contribution < 1.29 is 4.39 Å². The number of anilines is 2. The molecule has 3 aromatic rings. The van der Waals surface area contributed by atoms with E-state index < -0.39 is 0 Å². The van der Waals surface area contributed by atoms with Crippen molar-refractivity contribution in [1.82, 2.24) is 20.3 Å². The summed E-state index contributed by atoms with van der Waals surface area (Å²) in [6.07, 6.45) is 11.2. The Morgan fingerprint density at radius 2 is 2.03 bits per heavy atom. The fourth-order valence-electron chi connectivity index (χ4n) is 4.61. The van der Waals surface area contributed by atoms with Crippen LogP contribution in [0.25, 0.3) is 16.7 Å². The van der Waals surface area contributed by atoms with E-state index in [2.05, 4.69) is 31.7 Å². The predicted octanol–water partition coefficient (Wildman–Crippen LogP) is 5.73. The van der Waals surface area contributed by atoms with Gasteiger partial charge in [0.1, 0.15) is 17.2 Å². The van der Waals surface area contributed by atoms with E-state index in [0.717, 1.165) is 35.6 Å². The van der Waals surface area contributed by atoms with Crippen LogP contribution in [0, 0.1) is 5.82 Å². The van der Waals surface area contributed by atoms with Crippen molar-refractivity contribution in [2.45, 2.75) is 52.5 Å². The van der Waals surface area contributed by atoms with Crippen molar-refractivity contribution in [2.24, 2.45) is 0 Å². The minimum absolute atomic E-state index is 0.237. The molecular formula is C28H35FN6. The molecular weight excluding hydrogens is 439 g/mol. The van der Waals surface area contributed by atoms with Crippen LogP contribution in [0.2, 0.25) is 0 Å². The van der Waals surface area contributed by atoms with Crippen LogP contribution in [-0.4, -0.2) is 34.1 Å². The summed E-state index contributed by atoms with van der Waals surface area (Å²) in [4.78, 5) is 14.9. The first-order chi connectivity index (χ1) is 16.9. The minimum atomic E-state index is -0.341. The van der Waals surface area contributed by atoms with Crippen molar-refractivity contribution in [2.75, 3.05) is 23.7 Å². The third-order valence-electron chi connectivity index (χ3n) is 6.35. The zero-order chi connectivity index (χ0) is 24.9. The van der Waals surface area contributed by atoms with E-state index >= 15 is 4.39 Å². The fraction of sp³-hybridized carbons (Fsp3) is 0.357. The van der Waals surface area contributed by atoms with Crippen molar-refractivity contribution in [1.29, 1.82) is 0 Å². The van der Waals surface area contributed by atoms with E-state index in [1.54, 1.807) is 24.4 Å². The highest BCUT2D eigenvalue weighted by atomic mass is 19.1. The Kier molecular flexibility index (Phi) is 7.54. The number of H-pyrrole nitrogens is 1. The van der Waals surface area contributed by atoms with Gasteiger partial charge in [0.2, 0.25) is 0 Å². The van der Waals surface area contributed by atoms with E-state index in [9.17, 15) is 0 Å². The molecule has 2 aromatic heterocycles. The fourth-order valence-corrected chi connectivity index (χ4v) is 4.61. The molecule has 1 aromatic carbocycles. The normalized spacial score (nSPS) is 15.2. The average molecular weight is 475 g/mol. The minimum Gasteiger partial charge on any atom is -0.398 e. The maximum Gasteiger partial charge on any atom is 0.179 e. The van der Waals surface area contributed by atoms with Gasteiger partial charge in [-0.25, -0.2) is 14.4 Å². The van der Waals surface area contributed by atoms with E-state index in [1.807, 2.05) is 39.0 Å². The molecule has 0 amide bonds. The summed E-state index contributed by atoms with van der Waals surface area (Å²) in [7, 11) is 0. The molecule has 0 unspecified atom stereocenters. The first kappa shape index (κ1) is 24.5. The lowest BCUT2D eigenvalue weighted by atomic mass is 9.98. The summed E-state index contributed by atoms with van der Waals surface area (Å²) in [5.41, 5.74) is 11.8. The van der Waals surface area contributed by atoms with Gasteiger partial charge >= 0.3 is 0 Å². The van der Waals surface area contributed by atoms with E-state index in [-0.39, 0.29) is 18.3 Å². The van der Waals surface area contributed by atoms with Crippen molar-refractivity contribution in [3.63, 3.8) is 0 Å². The number of nitrogens with two attached hydrogens (primary N) is 1. The molecule has 1 aliphatic heterocycles. The number of nitrogen functional groups attached to an aromatic ring is 1. The van der Waals surface area contributed by atoms with E-state index in [4.69, 9.17) is 5.73 Å². The number of fused-ring (bicyclic) bond motifs is 1. The van der Waals surface area contributed by atoms with Gasteiger partial charge in [-0.1, -0.05) is 12.7 Å². The molecule has 0 aliphatic carbocycles. The second-order valence-electron chi connectivity index (χ2n) is 9.28. The molecule has 0 bridgehead atoms. The van der Waals surface area contributed by atoms with Crippen LogP contribution in [0.1, 0.15) is 57.0 Å². The van der Waals surface area contributed by atoms with Crippen LogP contribution >= 0.6 is 0 Å². The second-order valence-corrected chi connectivity index (χ2v) is 9.28. The highest BCUT2D eigenvalue weighted by Crippen LogP contribution is 2.30. The quantitative estimate of drug-likeness (QED) is 0.287. The zero-order valence-electron chi connectivity index (χ0n) is 20.9. The molecule has 4 N–H and O–H groups in total. The molecule has 4 rings (SSSR count). The number of piperidine rings is 1.